The number of hydrogen-bond donors (Lipinski definition) is 3. The van der Waals surface area contributed by atoms with Crippen LogP contribution in [0.15, 0.2) is 34.1 Å². The quantitative estimate of drug-likeness (QED) is 0.635. The molecule has 2 aliphatic heterocycles. The maximum Gasteiger partial charge on any atom is 0.313 e. The van der Waals surface area contributed by atoms with E-state index in [2.05, 4.69) is 21.2 Å². The molecular formula is C20H24F2N6O3. The molecule has 1 aromatic heterocycles. The van der Waals surface area contributed by atoms with Crippen molar-refractivity contribution in [1.82, 2.24) is 15.4 Å². The van der Waals surface area contributed by atoms with Crippen molar-refractivity contribution < 1.29 is 18.3 Å². The number of nitrogens with one attached hydrogen (secondary N) is 3. The van der Waals surface area contributed by atoms with Gasteiger partial charge in [-0.25, -0.2) is 18.9 Å². The number of benzene rings is 1. The molecule has 1 saturated heterocycles. The van der Waals surface area contributed by atoms with Gasteiger partial charge in [-0.2, -0.15) is 0 Å². The minimum absolute atomic E-state index is 0.128. The Kier molecular flexibility index (Phi) is 6.16. The van der Waals surface area contributed by atoms with Gasteiger partial charge in [0.25, 0.3) is 0 Å². The summed E-state index contributed by atoms with van der Waals surface area (Å²) >= 11 is 0. The minimum Gasteiger partial charge on any atom is -0.448 e. The van der Waals surface area contributed by atoms with E-state index in [1.807, 2.05) is 0 Å². The van der Waals surface area contributed by atoms with Gasteiger partial charge in [0.2, 0.25) is 0 Å². The molecule has 1 aromatic carbocycles. The molecule has 1 fully saturated rings. The molecule has 0 spiro atoms. The highest BCUT2D eigenvalue weighted by Gasteiger charge is 2.30. The molecule has 4 rings (SSSR count). The molecule has 0 aliphatic carbocycles. The van der Waals surface area contributed by atoms with Gasteiger partial charge in [-0.15, -0.1) is 0 Å². The van der Waals surface area contributed by atoms with E-state index >= 15 is 0 Å². The summed E-state index contributed by atoms with van der Waals surface area (Å²) in [5.41, 5.74) is 5.95. The van der Waals surface area contributed by atoms with E-state index in [-0.39, 0.29) is 17.5 Å². The normalized spacial score (nSPS) is 18.7. The zero-order valence-corrected chi connectivity index (χ0v) is 17.2. The van der Waals surface area contributed by atoms with Crippen LogP contribution < -0.4 is 31.5 Å². The average Bonchev–Trinajstić information content (AvgIpc) is 2.77. The van der Waals surface area contributed by atoms with Crippen LogP contribution in [0, 0.1) is 11.6 Å². The van der Waals surface area contributed by atoms with Gasteiger partial charge in [0.05, 0.1) is 0 Å². The highest BCUT2D eigenvalue weighted by molar-refractivity contribution is 5.89. The molecular weight excluding hydrogens is 410 g/mol. The van der Waals surface area contributed by atoms with Crippen molar-refractivity contribution >= 4 is 12.0 Å². The zero-order valence-electron chi connectivity index (χ0n) is 17.2. The van der Waals surface area contributed by atoms with E-state index in [0.29, 0.717) is 30.7 Å². The molecule has 0 amide bonds. The highest BCUT2D eigenvalue weighted by Crippen LogP contribution is 2.28. The Bertz CT molecular complexity index is 1040. The lowest BCUT2D eigenvalue weighted by Gasteiger charge is -2.38. The molecule has 0 saturated carbocycles. The van der Waals surface area contributed by atoms with E-state index in [9.17, 15) is 13.6 Å². The molecule has 1 atom stereocenters. The summed E-state index contributed by atoms with van der Waals surface area (Å²) in [6, 6.07) is 4.60. The molecule has 9 nitrogen and oxygen atoms in total. The van der Waals surface area contributed by atoms with E-state index in [0.717, 1.165) is 25.0 Å². The third-order valence-electron chi connectivity index (χ3n) is 5.18. The number of fused-ring (bicyclic) bond motifs is 1. The Morgan fingerprint density at radius 2 is 1.90 bits per heavy atom. The number of pyridine rings is 1. The van der Waals surface area contributed by atoms with Crippen LogP contribution in [0.2, 0.25) is 0 Å². The van der Waals surface area contributed by atoms with Gasteiger partial charge < -0.3 is 14.9 Å². The minimum atomic E-state index is -0.903. The summed E-state index contributed by atoms with van der Waals surface area (Å²) in [4.78, 5) is 17.6. The van der Waals surface area contributed by atoms with E-state index < -0.39 is 23.5 Å². The van der Waals surface area contributed by atoms with Gasteiger partial charge in [-0.1, -0.05) is 0 Å². The second kappa shape index (κ2) is 9.00. The smallest absolute Gasteiger partial charge is 0.313 e. The van der Waals surface area contributed by atoms with Crippen LogP contribution in [0.3, 0.4) is 0 Å². The van der Waals surface area contributed by atoms with Gasteiger partial charge in [-0.3, -0.25) is 20.1 Å². The molecule has 2 aromatic rings. The number of hydrazine groups is 1. The Labute approximate surface area is 177 Å². The van der Waals surface area contributed by atoms with Crippen LogP contribution in [-0.4, -0.2) is 50.5 Å². The highest BCUT2D eigenvalue weighted by atomic mass is 19.1. The first-order chi connectivity index (χ1) is 15.0. The number of aromatic nitrogens is 1. The van der Waals surface area contributed by atoms with E-state index in [4.69, 9.17) is 9.47 Å². The summed E-state index contributed by atoms with van der Waals surface area (Å²) in [7, 11) is 3.32. The molecule has 1 unspecified atom stereocenters. The number of anilines is 1. The predicted octanol–water partition coefficient (Wildman–Crippen LogP) is 1.52. The Hall–Kier alpha value is -3.02. The fraction of sp³-hybridized carbons (Fsp3) is 0.400. The number of aliphatic imine (C=N–C) groups is 1. The van der Waals surface area contributed by atoms with Crippen molar-refractivity contribution in [3.8, 4) is 11.5 Å². The number of hydrogen-bond acceptors (Lipinski definition) is 8. The van der Waals surface area contributed by atoms with Crippen LogP contribution in [0.25, 0.3) is 0 Å². The maximum absolute atomic E-state index is 14.0. The monoisotopic (exact) mass is 434 g/mol. The molecule has 166 valence electrons. The van der Waals surface area contributed by atoms with Gasteiger partial charge in [-0.05, 0) is 31.0 Å². The Morgan fingerprint density at radius 3 is 2.58 bits per heavy atom. The summed E-state index contributed by atoms with van der Waals surface area (Å²) in [5.74, 6) is -1.50. The first-order valence-electron chi connectivity index (χ1n) is 9.96. The number of halogens is 2. The Balaban J connectivity index is 1.68. The zero-order chi connectivity index (χ0) is 22.0. The summed E-state index contributed by atoms with van der Waals surface area (Å²) < 4.78 is 39.4. The SMILES string of the molecule is CNN1c2c(cc(Oc3ccc(F)cc3F)c(=O)n2NC)C=NC1NC1CCOCC1. The molecule has 0 bridgehead atoms. The van der Waals surface area contributed by atoms with Crippen LogP contribution in [0.5, 0.6) is 11.5 Å². The standard InChI is InChI=1S/C20H24F2N6O3/c1-23-27-18-12(9-17(19(27)29)31-16-4-3-13(21)10-15(16)22)11-25-20(28(18)24-2)26-14-5-7-30-8-6-14/h3-4,9-11,14,20,23-24,26H,5-8H2,1-2H3. The van der Waals surface area contributed by atoms with Crippen molar-refractivity contribution in [3.63, 3.8) is 0 Å². The van der Waals surface area contributed by atoms with Crippen LogP contribution in [0.1, 0.15) is 18.4 Å². The molecule has 0 radical (unpaired) electrons. The lowest BCUT2D eigenvalue weighted by molar-refractivity contribution is 0.0746. The van der Waals surface area contributed by atoms with Gasteiger partial charge >= 0.3 is 5.56 Å². The lowest BCUT2D eigenvalue weighted by atomic mass is 10.1. The van der Waals surface area contributed by atoms with Crippen LogP contribution in [-0.2, 0) is 4.74 Å². The predicted molar refractivity (Wildman–Crippen MR) is 112 cm³/mol. The lowest BCUT2D eigenvalue weighted by Crippen LogP contribution is -2.57. The molecule has 31 heavy (non-hydrogen) atoms. The summed E-state index contributed by atoms with van der Waals surface area (Å²) in [5, 5.41) is 5.19. The largest absolute Gasteiger partial charge is 0.448 e. The molecule has 3 N–H and O–H groups in total. The Morgan fingerprint density at radius 1 is 1.13 bits per heavy atom. The molecule has 3 heterocycles. The summed E-state index contributed by atoms with van der Waals surface area (Å²) in [6.07, 6.45) is 2.92. The second-order valence-electron chi connectivity index (χ2n) is 7.13. The number of rotatable bonds is 6. The first kappa shape index (κ1) is 21.2. The molecule has 2 aliphatic rings. The maximum atomic E-state index is 14.0. The van der Waals surface area contributed by atoms with E-state index in [1.54, 1.807) is 25.3 Å². The molecule has 11 heteroatoms. The van der Waals surface area contributed by atoms with Crippen molar-refractivity contribution in [2.75, 3.05) is 37.7 Å². The van der Waals surface area contributed by atoms with Crippen LogP contribution >= 0.6 is 0 Å². The van der Waals surface area contributed by atoms with Gasteiger partial charge in [0.1, 0.15) is 5.82 Å². The van der Waals surface area contributed by atoms with Crippen molar-refractivity contribution in [3.05, 3.63) is 51.8 Å². The van der Waals surface area contributed by atoms with E-state index in [1.165, 1.54) is 10.7 Å². The van der Waals surface area contributed by atoms with Crippen molar-refractivity contribution in [2.45, 2.75) is 25.2 Å². The van der Waals surface area contributed by atoms with Crippen LogP contribution in [0.4, 0.5) is 14.6 Å². The fourth-order valence-corrected chi connectivity index (χ4v) is 3.66. The number of nitrogens with zero attached hydrogens (tertiary/aromatic N) is 3. The van der Waals surface area contributed by atoms with Crippen molar-refractivity contribution in [1.29, 1.82) is 0 Å². The topological polar surface area (TPSA) is 92.2 Å². The second-order valence-corrected chi connectivity index (χ2v) is 7.13. The third kappa shape index (κ3) is 4.24. The first-order valence-corrected chi connectivity index (χ1v) is 9.96. The fourth-order valence-electron chi connectivity index (χ4n) is 3.66. The third-order valence-corrected chi connectivity index (χ3v) is 5.18. The average molecular weight is 434 g/mol. The van der Waals surface area contributed by atoms with Gasteiger partial charge in [0, 0.05) is 51.2 Å². The van der Waals surface area contributed by atoms with Gasteiger partial charge in [0.15, 0.2) is 29.4 Å². The van der Waals surface area contributed by atoms with Crippen molar-refractivity contribution in [2.24, 2.45) is 4.99 Å². The summed E-state index contributed by atoms with van der Waals surface area (Å²) in [6.45, 7) is 1.37. The number of ether oxygens (including phenoxy) is 2.